The molecule has 6 aromatic rings. The van der Waals surface area contributed by atoms with E-state index in [1.54, 1.807) is 22.9 Å². The summed E-state index contributed by atoms with van der Waals surface area (Å²) in [6.45, 7) is 0. The molecule has 0 bridgehead atoms. The Bertz CT molecular complexity index is 1830. The number of benzene rings is 3. The summed E-state index contributed by atoms with van der Waals surface area (Å²) in [5.41, 5.74) is 4.65. The standard InChI is InChI=1S/C29H21N7O2/c37-26(33-24-13-7-8-14-25(24)36-28-23(17-32-36)29(38)31-19-30-28)16-15-21-18-35(22-11-5-2-6-12-22)34-27(21)20-9-3-1-4-10-20/h1-19H,(H,33,37)(H,30,31,38). The molecule has 38 heavy (non-hydrogen) atoms. The maximum Gasteiger partial charge on any atom is 0.261 e. The number of hydrogen-bond acceptors (Lipinski definition) is 5. The third kappa shape index (κ3) is 4.40. The van der Waals surface area contributed by atoms with E-state index in [0.29, 0.717) is 22.4 Å². The molecule has 3 aromatic carbocycles. The van der Waals surface area contributed by atoms with Crippen LogP contribution >= 0.6 is 0 Å². The molecule has 0 aliphatic carbocycles. The van der Waals surface area contributed by atoms with Crippen molar-refractivity contribution in [3.63, 3.8) is 0 Å². The highest BCUT2D eigenvalue weighted by Gasteiger charge is 2.14. The number of amides is 1. The van der Waals surface area contributed by atoms with E-state index in [-0.39, 0.29) is 11.5 Å². The van der Waals surface area contributed by atoms with Gasteiger partial charge in [0.2, 0.25) is 5.91 Å². The molecule has 9 nitrogen and oxygen atoms in total. The van der Waals surface area contributed by atoms with E-state index < -0.39 is 0 Å². The zero-order chi connectivity index (χ0) is 25.9. The summed E-state index contributed by atoms with van der Waals surface area (Å²) in [7, 11) is 0. The molecule has 0 radical (unpaired) electrons. The predicted molar refractivity (Wildman–Crippen MR) is 146 cm³/mol. The fraction of sp³-hybridized carbons (Fsp3) is 0. The zero-order valence-corrected chi connectivity index (χ0v) is 20.0. The van der Waals surface area contributed by atoms with E-state index in [1.165, 1.54) is 23.3 Å². The Labute approximate surface area is 216 Å². The summed E-state index contributed by atoms with van der Waals surface area (Å²) < 4.78 is 3.33. The van der Waals surface area contributed by atoms with Gasteiger partial charge in [0, 0.05) is 23.4 Å². The largest absolute Gasteiger partial charge is 0.321 e. The number of nitrogens with one attached hydrogen (secondary N) is 2. The number of carbonyl (C=O) groups is 1. The van der Waals surface area contributed by atoms with Crippen molar-refractivity contribution >= 4 is 28.7 Å². The molecule has 0 unspecified atom stereocenters. The van der Waals surface area contributed by atoms with Crippen LogP contribution in [0, 0.1) is 0 Å². The Kier molecular flexibility index (Phi) is 5.91. The van der Waals surface area contributed by atoms with Gasteiger partial charge in [-0.1, -0.05) is 60.7 Å². The number of aromatic nitrogens is 6. The van der Waals surface area contributed by atoms with Crippen molar-refractivity contribution in [3.8, 4) is 22.6 Å². The van der Waals surface area contributed by atoms with E-state index in [9.17, 15) is 9.59 Å². The molecule has 0 aliphatic rings. The first-order valence-electron chi connectivity index (χ1n) is 11.9. The average molecular weight is 500 g/mol. The minimum absolute atomic E-state index is 0.282. The van der Waals surface area contributed by atoms with Gasteiger partial charge in [0.15, 0.2) is 5.65 Å². The Balaban J connectivity index is 1.31. The summed E-state index contributed by atoms with van der Waals surface area (Å²) in [6.07, 6.45) is 7.90. The molecule has 3 aromatic heterocycles. The molecule has 0 saturated heterocycles. The van der Waals surface area contributed by atoms with E-state index >= 15 is 0 Å². The second-order valence-electron chi connectivity index (χ2n) is 8.44. The zero-order valence-electron chi connectivity index (χ0n) is 20.0. The van der Waals surface area contributed by atoms with E-state index in [1.807, 2.05) is 79.0 Å². The summed E-state index contributed by atoms with van der Waals surface area (Å²) in [4.78, 5) is 31.9. The number of aromatic amines is 1. The lowest BCUT2D eigenvalue weighted by Gasteiger charge is -2.10. The molecule has 0 spiro atoms. The van der Waals surface area contributed by atoms with Crippen molar-refractivity contribution < 1.29 is 4.79 Å². The second-order valence-corrected chi connectivity index (χ2v) is 8.44. The fourth-order valence-corrected chi connectivity index (χ4v) is 4.18. The first-order chi connectivity index (χ1) is 18.7. The number of nitrogens with zero attached hydrogens (tertiary/aromatic N) is 5. The quantitative estimate of drug-likeness (QED) is 0.325. The Morgan fingerprint density at radius 3 is 2.47 bits per heavy atom. The van der Waals surface area contributed by atoms with Crippen LogP contribution in [0.3, 0.4) is 0 Å². The average Bonchev–Trinajstić information content (AvgIpc) is 3.59. The van der Waals surface area contributed by atoms with Gasteiger partial charge in [-0.3, -0.25) is 9.59 Å². The molecular weight excluding hydrogens is 478 g/mol. The van der Waals surface area contributed by atoms with Gasteiger partial charge < -0.3 is 10.3 Å². The molecule has 0 atom stereocenters. The SMILES string of the molecule is O=C(C=Cc1cn(-c2ccccc2)nc1-c1ccccc1)Nc1ccccc1-n1ncc2c(=O)[nH]cnc21. The normalized spacial score (nSPS) is 11.3. The van der Waals surface area contributed by atoms with Gasteiger partial charge in [-0.25, -0.2) is 14.3 Å². The van der Waals surface area contributed by atoms with E-state index in [4.69, 9.17) is 5.10 Å². The summed E-state index contributed by atoms with van der Waals surface area (Å²) in [5.74, 6) is -0.328. The van der Waals surface area contributed by atoms with Gasteiger partial charge in [0.25, 0.3) is 5.56 Å². The van der Waals surface area contributed by atoms with Crippen LogP contribution in [0.15, 0.2) is 115 Å². The number of hydrogen-bond donors (Lipinski definition) is 2. The van der Waals surface area contributed by atoms with Crippen LogP contribution in [-0.2, 0) is 4.79 Å². The Morgan fingerprint density at radius 2 is 1.66 bits per heavy atom. The Morgan fingerprint density at radius 1 is 0.921 bits per heavy atom. The molecule has 1 amide bonds. The number of rotatable bonds is 6. The van der Waals surface area contributed by atoms with Crippen LogP contribution in [0.25, 0.3) is 39.7 Å². The first-order valence-corrected chi connectivity index (χ1v) is 11.9. The van der Waals surface area contributed by atoms with E-state index in [0.717, 1.165) is 22.5 Å². The molecule has 184 valence electrons. The smallest absolute Gasteiger partial charge is 0.261 e. The van der Waals surface area contributed by atoms with Crippen molar-refractivity contribution in [2.24, 2.45) is 0 Å². The van der Waals surface area contributed by atoms with Crippen molar-refractivity contribution in [2.75, 3.05) is 5.32 Å². The number of carbonyl (C=O) groups excluding carboxylic acids is 1. The third-order valence-corrected chi connectivity index (χ3v) is 5.99. The number of fused-ring (bicyclic) bond motifs is 1. The maximum atomic E-state index is 13.0. The highest BCUT2D eigenvalue weighted by molar-refractivity contribution is 6.03. The van der Waals surface area contributed by atoms with Gasteiger partial charge in [0.1, 0.15) is 5.39 Å². The van der Waals surface area contributed by atoms with Crippen LogP contribution in [0.1, 0.15) is 5.56 Å². The minimum Gasteiger partial charge on any atom is -0.321 e. The Hall–Kier alpha value is -5.57. The van der Waals surface area contributed by atoms with Gasteiger partial charge in [-0.15, -0.1) is 0 Å². The highest BCUT2D eigenvalue weighted by atomic mass is 16.1. The van der Waals surface area contributed by atoms with Crippen molar-refractivity contribution in [2.45, 2.75) is 0 Å². The van der Waals surface area contributed by atoms with Crippen LogP contribution in [0.2, 0.25) is 0 Å². The summed E-state index contributed by atoms with van der Waals surface area (Å²) >= 11 is 0. The molecule has 0 saturated carbocycles. The number of para-hydroxylation sites is 3. The van der Waals surface area contributed by atoms with Gasteiger partial charge in [-0.05, 0) is 30.3 Å². The lowest BCUT2D eigenvalue weighted by molar-refractivity contribution is -0.111. The summed E-state index contributed by atoms with van der Waals surface area (Å²) in [5, 5.41) is 12.4. The monoisotopic (exact) mass is 499 g/mol. The lowest BCUT2D eigenvalue weighted by atomic mass is 10.1. The van der Waals surface area contributed by atoms with Crippen LogP contribution in [0.5, 0.6) is 0 Å². The molecule has 0 aliphatic heterocycles. The van der Waals surface area contributed by atoms with Gasteiger partial charge in [-0.2, -0.15) is 10.2 Å². The first kappa shape index (κ1) is 22.9. The van der Waals surface area contributed by atoms with Crippen LogP contribution in [0.4, 0.5) is 5.69 Å². The maximum absolute atomic E-state index is 13.0. The molecular formula is C29H21N7O2. The molecule has 9 heteroatoms. The molecule has 2 N–H and O–H groups in total. The van der Waals surface area contributed by atoms with Crippen molar-refractivity contribution in [1.82, 2.24) is 29.5 Å². The topological polar surface area (TPSA) is 110 Å². The van der Waals surface area contributed by atoms with Crippen LogP contribution < -0.4 is 10.9 Å². The fourth-order valence-electron chi connectivity index (χ4n) is 4.18. The minimum atomic E-state index is -0.328. The van der Waals surface area contributed by atoms with Crippen molar-refractivity contribution in [3.05, 3.63) is 126 Å². The molecule has 0 fully saturated rings. The number of anilines is 1. The van der Waals surface area contributed by atoms with Gasteiger partial charge in [0.05, 0.1) is 35.3 Å². The van der Waals surface area contributed by atoms with Crippen LogP contribution in [-0.4, -0.2) is 35.4 Å². The summed E-state index contributed by atoms with van der Waals surface area (Å²) in [6, 6.07) is 26.8. The molecule has 3 heterocycles. The van der Waals surface area contributed by atoms with E-state index in [2.05, 4.69) is 20.4 Å². The lowest BCUT2D eigenvalue weighted by Crippen LogP contribution is -2.12. The van der Waals surface area contributed by atoms with Crippen molar-refractivity contribution in [1.29, 1.82) is 0 Å². The number of H-pyrrole nitrogens is 1. The van der Waals surface area contributed by atoms with Gasteiger partial charge >= 0.3 is 0 Å². The third-order valence-electron chi connectivity index (χ3n) is 5.99. The highest BCUT2D eigenvalue weighted by Crippen LogP contribution is 2.25. The predicted octanol–water partition coefficient (Wildman–Crippen LogP) is 4.61. The second kappa shape index (κ2) is 9.82. The molecule has 6 rings (SSSR count).